The van der Waals surface area contributed by atoms with Crippen molar-refractivity contribution in [2.75, 3.05) is 38.2 Å². The summed E-state index contributed by atoms with van der Waals surface area (Å²) in [7, 11) is 0. The lowest BCUT2D eigenvalue weighted by molar-refractivity contribution is -0.116. The predicted octanol–water partition coefficient (Wildman–Crippen LogP) is 4.59. The third-order valence-corrected chi connectivity index (χ3v) is 5.57. The monoisotopic (exact) mass is 416 g/mol. The Morgan fingerprint density at radius 3 is 2.45 bits per heavy atom. The van der Waals surface area contributed by atoms with E-state index in [1.54, 1.807) is 0 Å². The summed E-state index contributed by atoms with van der Waals surface area (Å²) in [6, 6.07) is 11.9. The van der Waals surface area contributed by atoms with Gasteiger partial charge in [-0.1, -0.05) is 23.7 Å². The van der Waals surface area contributed by atoms with Crippen LogP contribution >= 0.6 is 11.6 Å². The lowest BCUT2D eigenvalue weighted by Crippen LogP contribution is -2.35. The maximum absolute atomic E-state index is 12.2. The first kappa shape index (κ1) is 21.6. The normalized spacial score (nSPS) is 14.6. The summed E-state index contributed by atoms with van der Waals surface area (Å²) in [6.07, 6.45) is 1.07. The number of carbonyl (C=O) groups is 1. The fourth-order valence-electron chi connectivity index (χ4n) is 3.35. The number of amides is 1. The molecule has 0 unspecified atom stereocenters. The number of nitrogens with zero attached hydrogens (tertiary/aromatic N) is 1. The van der Waals surface area contributed by atoms with Gasteiger partial charge in [0.2, 0.25) is 5.91 Å². The van der Waals surface area contributed by atoms with Crippen LogP contribution in [-0.4, -0.2) is 43.7 Å². The molecular weight excluding hydrogens is 388 g/mol. The lowest BCUT2D eigenvalue weighted by atomic mass is 10.1. The van der Waals surface area contributed by atoms with Crippen molar-refractivity contribution in [3.63, 3.8) is 0 Å². The Balaban J connectivity index is 1.38. The number of aryl methyl sites for hydroxylation is 2. The molecule has 0 aromatic heterocycles. The zero-order chi connectivity index (χ0) is 20.6. The molecule has 0 bridgehead atoms. The van der Waals surface area contributed by atoms with Crippen LogP contribution in [0.2, 0.25) is 5.02 Å². The van der Waals surface area contributed by atoms with Crippen LogP contribution in [0.25, 0.3) is 0 Å². The Labute approximate surface area is 177 Å². The fourth-order valence-corrected chi connectivity index (χ4v) is 3.46. The van der Waals surface area contributed by atoms with E-state index >= 15 is 0 Å². The average molecular weight is 417 g/mol. The number of nitrogens with one attached hydrogen (secondary N) is 1. The highest BCUT2D eigenvalue weighted by molar-refractivity contribution is 6.32. The summed E-state index contributed by atoms with van der Waals surface area (Å²) in [4.78, 5) is 14.5. The van der Waals surface area contributed by atoms with E-state index in [1.165, 1.54) is 5.56 Å². The topological polar surface area (TPSA) is 50.8 Å². The van der Waals surface area contributed by atoms with E-state index in [4.69, 9.17) is 21.1 Å². The van der Waals surface area contributed by atoms with Gasteiger partial charge in [-0.25, -0.2) is 0 Å². The highest BCUT2D eigenvalue weighted by Crippen LogP contribution is 2.26. The van der Waals surface area contributed by atoms with Crippen molar-refractivity contribution < 1.29 is 14.3 Å². The number of rotatable bonds is 8. The molecule has 0 atom stereocenters. The van der Waals surface area contributed by atoms with Crippen molar-refractivity contribution in [2.24, 2.45) is 0 Å². The van der Waals surface area contributed by atoms with E-state index in [-0.39, 0.29) is 5.91 Å². The number of anilines is 1. The minimum absolute atomic E-state index is 0.00186. The second kappa shape index (κ2) is 10.6. The van der Waals surface area contributed by atoms with Gasteiger partial charge >= 0.3 is 0 Å². The number of halogens is 1. The second-order valence-electron chi connectivity index (χ2n) is 7.46. The predicted molar refractivity (Wildman–Crippen MR) is 117 cm³/mol. The number of benzene rings is 2. The van der Waals surface area contributed by atoms with Crippen LogP contribution in [-0.2, 0) is 16.1 Å². The SMILES string of the molecule is Cc1cc(OCCCC(=O)Nc2ccc(CN3CCOCC3)cc2)cc(C)c1Cl. The molecule has 0 saturated carbocycles. The van der Waals surface area contributed by atoms with Crippen molar-refractivity contribution >= 4 is 23.2 Å². The van der Waals surface area contributed by atoms with Crippen molar-refractivity contribution in [1.82, 2.24) is 4.90 Å². The molecule has 156 valence electrons. The zero-order valence-corrected chi connectivity index (χ0v) is 17.9. The molecule has 0 radical (unpaired) electrons. The molecule has 1 amide bonds. The maximum atomic E-state index is 12.2. The van der Waals surface area contributed by atoms with Gasteiger partial charge in [0.25, 0.3) is 0 Å². The Kier molecular flexibility index (Phi) is 7.92. The van der Waals surface area contributed by atoms with Crippen LogP contribution in [0.5, 0.6) is 5.75 Å². The molecule has 6 heteroatoms. The van der Waals surface area contributed by atoms with E-state index in [9.17, 15) is 4.79 Å². The van der Waals surface area contributed by atoms with Gasteiger partial charge in [-0.05, 0) is 61.2 Å². The molecule has 0 aliphatic carbocycles. The Bertz CT molecular complexity index is 794. The molecule has 1 N–H and O–H groups in total. The minimum Gasteiger partial charge on any atom is -0.494 e. The zero-order valence-electron chi connectivity index (χ0n) is 17.2. The molecule has 5 nitrogen and oxygen atoms in total. The third kappa shape index (κ3) is 6.74. The van der Waals surface area contributed by atoms with Crippen LogP contribution in [0.1, 0.15) is 29.5 Å². The van der Waals surface area contributed by atoms with E-state index < -0.39 is 0 Å². The lowest BCUT2D eigenvalue weighted by Gasteiger charge is -2.26. The maximum Gasteiger partial charge on any atom is 0.224 e. The average Bonchev–Trinajstić information content (AvgIpc) is 2.71. The summed E-state index contributed by atoms with van der Waals surface area (Å²) < 4.78 is 11.1. The molecule has 1 heterocycles. The summed E-state index contributed by atoms with van der Waals surface area (Å²) in [5.74, 6) is 0.790. The second-order valence-corrected chi connectivity index (χ2v) is 7.83. The van der Waals surface area contributed by atoms with Gasteiger partial charge in [0.15, 0.2) is 0 Å². The largest absolute Gasteiger partial charge is 0.494 e. The fraction of sp³-hybridized carbons (Fsp3) is 0.435. The number of morpholine rings is 1. The van der Waals surface area contributed by atoms with Gasteiger partial charge in [-0.15, -0.1) is 0 Å². The first-order chi connectivity index (χ1) is 14.0. The Morgan fingerprint density at radius 2 is 1.79 bits per heavy atom. The number of ether oxygens (including phenoxy) is 2. The Hall–Kier alpha value is -2.08. The van der Waals surface area contributed by atoms with Gasteiger partial charge in [0.1, 0.15) is 5.75 Å². The molecule has 1 aliphatic rings. The molecule has 2 aromatic carbocycles. The highest BCUT2D eigenvalue weighted by atomic mass is 35.5. The van der Waals surface area contributed by atoms with Gasteiger partial charge in [0, 0.05) is 36.8 Å². The first-order valence-electron chi connectivity index (χ1n) is 10.1. The number of hydrogen-bond acceptors (Lipinski definition) is 4. The van der Waals surface area contributed by atoms with E-state index in [0.717, 1.165) is 60.4 Å². The molecule has 1 fully saturated rings. The number of hydrogen-bond donors (Lipinski definition) is 1. The standard InChI is InChI=1S/C23H29ClN2O3/c1-17-14-21(15-18(2)23(17)24)29-11-3-4-22(27)25-20-7-5-19(6-8-20)16-26-9-12-28-13-10-26/h5-8,14-15H,3-4,9-13,16H2,1-2H3,(H,25,27). The smallest absolute Gasteiger partial charge is 0.224 e. The number of carbonyl (C=O) groups excluding carboxylic acids is 1. The molecule has 0 spiro atoms. The van der Waals surface area contributed by atoms with Crippen molar-refractivity contribution in [3.05, 3.63) is 58.1 Å². The molecule has 3 rings (SSSR count). The first-order valence-corrected chi connectivity index (χ1v) is 10.5. The molecular formula is C23H29ClN2O3. The van der Waals surface area contributed by atoms with Crippen LogP contribution in [0.4, 0.5) is 5.69 Å². The molecule has 1 aliphatic heterocycles. The van der Waals surface area contributed by atoms with Gasteiger partial charge in [-0.2, -0.15) is 0 Å². The Morgan fingerprint density at radius 1 is 1.14 bits per heavy atom. The van der Waals surface area contributed by atoms with E-state index in [0.29, 0.717) is 19.4 Å². The molecule has 2 aromatic rings. The minimum atomic E-state index is -0.00186. The van der Waals surface area contributed by atoms with Crippen LogP contribution in [0, 0.1) is 13.8 Å². The summed E-state index contributed by atoms with van der Waals surface area (Å²) >= 11 is 6.17. The van der Waals surface area contributed by atoms with Crippen LogP contribution in [0.3, 0.4) is 0 Å². The van der Waals surface area contributed by atoms with Gasteiger partial charge in [0.05, 0.1) is 19.8 Å². The highest BCUT2D eigenvalue weighted by Gasteiger charge is 2.11. The van der Waals surface area contributed by atoms with E-state index in [1.807, 2.05) is 38.1 Å². The van der Waals surface area contributed by atoms with Gasteiger partial charge in [-0.3, -0.25) is 9.69 Å². The molecule has 1 saturated heterocycles. The van der Waals surface area contributed by atoms with Crippen LogP contribution < -0.4 is 10.1 Å². The van der Waals surface area contributed by atoms with Crippen molar-refractivity contribution in [3.8, 4) is 5.75 Å². The molecule has 29 heavy (non-hydrogen) atoms. The van der Waals surface area contributed by atoms with Gasteiger partial charge < -0.3 is 14.8 Å². The van der Waals surface area contributed by atoms with E-state index in [2.05, 4.69) is 22.3 Å². The summed E-state index contributed by atoms with van der Waals surface area (Å²) in [5, 5.41) is 3.72. The third-order valence-electron chi connectivity index (χ3n) is 4.97. The quantitative estimate of drug-likeness (QED) is 0.639. The summed E-state index contributed by atoms with van der Waals surface area (Å²) in [5.41, 5.74) is 4.06. The van der Waals surface area contributed by atoms with Crippen LogP contribution in [0.15, 0.2) is 36.4 Å². The van der Waals surface area contributed by atoms with Crippen molar-refractivity contribution in [2.45, 2.75) is 33.2 Å². The summed E-state index contributed by atoms with van der Waals surface area (Å²) in [6.45, 7) is 8.87. The van der Waals surface area contributed by atoms with Crippen molar-refractivity contribution in [1.29, 1.82) is 0 Å².